The quantitative estimate of drug-likeness (QED) is 0.924. The molecule has 2 rings (SSSR count). The zero-order valence-electron chi connectivity index (χ0n) is 10.5. The molecule has 1 aliphatic rings. The lowest BCUT2D eigenvalue weighted by atomic mass is 10.0. The molecule has 1 heterocycles. The fraction of sp³-hybridized carbons (Fsp3) is 0.462. The molecule has 19 heavy (non-hydrogen) atoms. The van der Waals surface area contributed by atoms with Gasteiger partial charge in [0.1, 0.15) is 11.9 Å². The summed E-state index contributed by atoms with van der Waals surface area (Å²) in [5, 5.41) is 9.19. The van der Waals surface area contributed by atoms with Gasteiger partial charge in [0.15, 0.2) is 0 Å². The van der Waals surface area contributed by atoms with Gasteiger partial charge in [-0.3, -0.25) is 9.69 Å². The molecule has 1 aromatic rings. The Balaban J connectivity index is 2.25. The standard InChI is InChI=1S/C13H15BrFNO3/c1-8(10-3-2-9(14)6-11(10)15)16-4-5-19-7-12(16)13(17)18/h2-3,6,8,12H,4-5,7H2,1H3,(H,17,18). The van der Waals surface area contributed by atoms with Gasteiger partial charge in [0, 0.05) is 22.6 Å². The van der Waals surface area contributed by atoms with Crippen LogP contribution in [0.25, 0.3) is 0 Å². The van der Waals surface area contributed by atoms with Crippen molar-refractivity contribution in [3.63, 3.8) is 0 Å². The van der Waals surface area contributed by atoms with Crippen LogP contribution in [0.1, 0.15) is 18.5 Å². The second-order valence-electron chi connectivity index (χ2n) is 4.51. The van der Waals surface area contributed by atoms with Gasteiger partial charge >= 0.3 is 5.97 Å². The first kappa shape index (κ1) is 14.4. The van der Waals surface area contributed by atoms with Crippen LogP contribution in [0.3, 0.4) is 0 Å². The topological polar surface area (TPSA) is 49.8 Å². The first-order chi connectivity index (χ1) is 9.00. The van der Waals surface area contributed by atoms with E-state index in [0.717, 1.165) is 0 Å². The van der Waals surface area contributed by atoms with Gasteiger partial charge in [-0.05, 0) is 19.1 Å². The second-order valence-corrected chi connectivity index (χ2v) is 5.42. The number of morpholine rings is 1. The van der Waals surface area contributed by atoms with E-state index >= 15 is 0 Å². The van der Waals surface area contributed by atoms with Crippen LogP contribution >= 0.6 is 15.9 Å². The molecule has 1 aromatic carbocycles. The van der Waals surface area contributed by atoms with Gasteiger partial charge in [-0.15, -0.1) is 0 Å². The van der Waals surface area contributed by atoms with E-state index in [1.54, 1.807) is 17.0 Å². The third-order valence-corrected chi connectivity index (χ3v) is 3.86. The van der Waals surface area contributed by atoms with Crippen molar-refractivity contribution in [2.24, 2.45) is 0 Å². The van der Waals surface area contributed by atoms with E-state index in [1.807, 2.05) is 6.92 Å². The molecule has 0 bridgehead atoms. The lowest BCUT2D eigenvalue weighted by Crippen LogP contribution is -2.50. The summed E-state index contributed by atoms with van der Waals surface area (Å²) in [5.74, 6) is -1.28. The molecule has 0 spiro atoms. The largest absolute Gasteiger partial charge is 0.480 e. The van der Waals surface area contributed by atoms with Crippen molar-refractivity contribution in [2.45, 2.75) is 19.0 Å². The van der Waals surface area contributed by atoms with Gasteiger partial charge < -0.3 is 9.84 Å². The summed E-state index contributed by atoms with van der Waals surface area (Å²) in [6, 6.07) is 3.79. The van der Waals surface area contributed by atoms with Crippen molar-refractivity contribution >= 4 is 21.9 Å². The molecule has 0 saturated carbocycles. The normalized spacial score (nSPS) is 22.2. The number of carbonyl (C=O) groups is 1. The first-order valence-electron chi connectivity index (χ1n) is 6.02. The molecule has 0 aromatic heterocycles. The SMILES string of the molecule is CC(c1ccc(Br)cc1F)N1CCOCC1C(=O)O. The van der Waals surface area contributed by atoms with Gasteiger partial charge in [-0.1, -0.05) is 22.0 Å². The number of benzene rings is 1. The number of carboxylic acid groups (broad SMARTS) is 1. The molecule has 0 aliphatic carbocycles. The molecule has 1 N–H and O–H groups in total. The number of hydrogen-bond donors (Lipinski definition) is 1. The van der Waals surface area contributed by atoms with Crippen LogP contribution in [-0.4, -0.2) is 41.8 Å². The highest BCUT2D eigenvalue weighted by atomic mass is 79.9. The van der Waals surface area contributed by atoms with Crippen molar-refractivity contribution in [1.29, 1.82) is 0 Å². The summed E-state index contributed by atoms with van der Waals surface area (Å²) in [4.78, 5) is 13.0. The van der Waals surface area contributed by atoms with E-state index in [1.165, 1.54) is 6.07 Å². The molecule has 4 nitrogen and oxygen atoms in total. The number of hydrogen-bond acceptors (Lipinski definition) is 3. The molecule has 2 unspecified atom stereocenters. The molecule has 0 radical (unpaired) electrons. The minimum absolute atomic E-state index is 0.137. The number of rotatable bonds is 3. The molecule has 1 saturated heterocycles. The van der Waals surface area contributed by atoms with E-state index in [2.05, 4.69) is 15.9 Å². The zero-order chi connectivity index (χ0) is 14.0. The summed E-state index contributed by atoms with van der Waals surface area (Å²) >= 11 is 3.21. The van der Waals surface area contributed by atoms with Crippen LogP contribution < -0.4 is 0 Å². The van der Waals surface area contributed by atoms with Crippen LogP contribution in [0.2, 0.25) is 0 Å². The number of carboxylic acids is 1. The summed E-state index contributed by atoms with van der Waals surface area (Å²) < 4.78 is 19.8. The van der Waals surface area contributed by atoms with Crippen molar-refractivity contribution in [2.75, 3.05) is 19.8 Å². The van der Waals surface area contributed by atoms with Crippen LogP contribution in [0, 0.1) is 5.82 Å². The molecule has 1 aliphatic heterocycles. The molecule has 0 amide bonds. The van der Waals surface area contributed by atoms with E-state index in [9.17, 15) is 14.3 Å². The summed E-state index contributed by atoms with van der Waals surface area (Å²) in [5.41, 5.74) is 0.497. The average Bonchev–Trinajstić information content (AvgIpc) is 2.38. The Bertz CT molecular complexity index is 483. The molecular formula is C13H15BrFNO3. The predicted octanol–water partition coefficient (Wildman–Crippen LogP) is 2.43. The van der Waals surface area contributed by atoms with Crippen molar-refractivity contribution in [3.05, 3.63) is 34.1 Å². The highest BCUT2D eigenvalue weighted by molar-refractivity contribution is 9.10. The first-order valence-corrected chi connectivity index (χ1v) is 6.81. The number of aliphatic carboxylic acids is 1. The molecule has 6 heteroatoms. The number of ether oxygens (including phenoxy) is 1. The molecule has 1 fully saturated rings. The van der Waals surface area contributed by atoms with Crippen LogP contribution in [0.5, 0.6) is 0 Å². The van der Waals surface area contributed by atoms with Crippen LogP contribution in [-0.2, 0) is 9.53 Å². The zero-order valence-corrected chi connectivity index (χ0v) is 12.1. The van der Waals surface area contributed by atoms with E-state index in [-0.39, 0.29) is 18.5 Å². The van der Waals surface area contributed by atoms with Crippen molar-refractivity contribution in [3.8, 4) is 0 Å². The van der Waals surface area contributed by atoms with E-state index < -0.39 is 12.0 Å². The fourth-order valence-electron chi connectivity index (χ4n) is 2.31. The number of halogens is 2. The predicted molar refractivity (Wildman–Crippen MR) is 71.5 cm³/mol. The van der Waals surface area contributed by atoms with Crippen LogP contribution in [0.15, 0.2) is 22.7 Å². The Hall–Kier alpha value is -0.980. The Morgan fingerprint density at radius 3 is 3.00 bits per heavy atom. The van der Waals surface area contributed by atoms with Crippen molar-refractivity contribution < 1.29 is 19.0 Å². The average molecular weight is 332 g/mol. The van der Waals surface area contributed by atoms with Crippen LogP contribution in [0.4, 0.5) is 4.39 Å². The van der Waals surface area contributed by atoms with Gasteiger partial charge in [0.05, 0.1) is 13.2 Å². The lowest BCUT2D eigenvalue weighted by Gasteiger charge is -2.37. The van der Waals surface area contributed by atoms with E-state index in [4.69, 9.17) is 4.74 Å². The van der Waals surface area contributed by atoms with Gasteiger partial charge in [-0.25, -0.2) is 4.39 Å². The Morgan fingerprint density at radius 1 is 1.63 bits per heavy atom. The minimum atomic E-state index is -0.941. The maximum Gasteiger partial charge on any atom is 0.323 e. The van der Waals surface area contributed by atoms with E-state index in [0.29, 0.717) is 23.2 Å². The molecule has 104 valence electrons. The van der Waals surface area contributed by atoms with Gasteiger partial charge in [0.25, 0.3) is 0 Å². The number of nitrogens with zero attached hydrogens (tertiary/aromatic N) is 1. The smallest absolute Gasteiger partial charge is 0.323 e. The highest BCUT2D eigenvalue weighted by Gasteiger charge is 2.33. The monoisotopic (exact) mass is 331 g/mol. The Labute approximate surface area is 119 Å². The molecular weight excluding hydrogens is 317 g/mol. The fourth-order valence-corrected chi connectivity index (χ4v) is 2.65. The van der Waals surface area contributed by atoms with Gasteiger partial charge in [-0.2, -0.15) is 0 Å². The third kappa shape index (κ3) is 3.13. The highest BCUT2D eigenvalue weighted by Crippen LogP contribution is 2.28. The Morgan fingerprint density at radius 2 is 2.37 bits per heavy atom. The summed E-state index contributed by atoms with van der Waals surface area (Å²) in [7, 11) is 0. The van der Waals surface area contributed by atoms with Crippen molar-refractivity contribution in [1.82, 2.24) is 4.90 Å². The summed E-state index contributed by atoms with van der Waals surface area (Å²) in [6.07, 6.45) is 0. The van der Waals surface area contributed by atoms with Gasteiger partial charge in [0.2, 0.25) is 0 Å². The Kier molecular flexibility index (Phi) is 4.54. The lowest BCUT2D eigenvalue weighted by molar-refractivity contribution is -0.151. The maximum atomic E-state index is 13.9. The maximum absolute atomic E-state index is 13.9. The minimum Gasteiger partial charge on any atom is -0.480 e. The molecule has 2 atom stereocenters. The summed E-state index contributed by atoms with van der Waals surface area (Å²) in [6.45, 7) is 2.89. The second kappa shape index (κ2) is 5.98. The third-order valence-electron chi connectivity index (χ3n) is 3.36.